The minimum atomic E-state index is -0.749. The van der Waals surface area contributed by atoms with E-state index >= 15 is 0 Å². The summed E-state index contributed by atoms with van der Waals surface area (Å²) in [5.74, 6) is -0.749. The molecular formula is C16H24O2. The first-order valence-corrected chi connectivity index (χ1v) is 6.58. The fourth-order valence-corrected chi connectivity index (χ4v) is 1.38. The lowest BCUT2D eigenvalue weighted by molar-refractivity contribution is -0.136. The molecule has 0 bridgehead atoms. The third-order valence-corrected chi connectivity index (χ3v) is 2.36. The van der Waals surface area contributed by atoms with Gasteiger partial charge in [0.2, 0.25) is 0 Å². The Labute approximate surface area is 110 Å². The zero-order valence-corrected chi connectivity index (χ0v) is 11.2. The Kier molecular flexibility index (Phi) is 12.3. The molecule has 0 aliphatic carbocycles. The van der Waals surface area contributed by atoms with Crippen LogP contribution in [0, 0.1) is 0 Å². The van der Waals surface area contributed by atoms with Crippen LogP contribution in [0.5, 0.6) is 0 Å². The van der Waals surface area contributed by atoms with E-state index in [9.17, 15) is 4.79 Å². The van der Waals surface area contributed by atoms with Crippen LogP contribution in [-0.2, 0) is 4.79 Å². The molecule has 0 aromatic rings. The van der Waals surface area contributed by atoms with E-state index in [1.807, 2.05) is 30.4 Å². The monoisotopic (exact) mass is 248 g/mol. The summed E-state index contributed by atoms with van der Waals surface area (Å²) in [5, 5.41) is 8.42. The van der Waals surface area contributed by atoms with Crippen molar-refractivity contribution in [2.24, 2.45) is 0 Å². The number of aliphatic carboxylic acids is 1. The Hall–Kier alpha value is -1.57. The molecule has 0 atom stereocenters. The third kappa shape index (κ3) is 14.4. The molecular weight excluding hydrogens is 224 g/mol. The lowest BCUT2D eigenvalue weighted by atomic mass is 10.2. The van der Waals surface area contributed by atoms with Gasteiger partial charge in [-0.15, -0.1) is 0 Å². The predicted octanol–water partition coefficient (Wildman–Crippen LogP) is 4.66. The second-order valence-corrected chi connectivity index (χ2v) is 4.03. The second kappa shape index (κ2) is 13.5. The van der Waals surface area contributed by atoms with Crippen LogP contribution in [-0.4, -0.2) is 11.1 Å². The van der Waals surface area contributed by atoms with E-state index < -0.39 is 5.97 Å². The van der Waals surface area contributed by atoms with Gasteiger partial charge in [-0.25, -0.2) is 0 Å². The van der Waals surface area contributed by atoms with Crippen molar-refractivity contribution in [3.63, 3.8) is 0 Å². The van der Waals surface area contributed by atoms with Gasteiger partial charge in [0.25, 0.3) is 0 Å². The highest BCUT2D eigenvalue weighted by molar-refractivity contribution is 5.66. The molecule has 2 nitrogen and oxygen atoms in total. The molecule has 0 radical (unpaired) electrons. The fraction of sp³-hybridized carbons (Fsp3) is 0.438. The van der Waals surface area contributed by atoms with Gasteiger partial charge in [-0.05, 0) is 39.0 Å². The average Bonchev–Trinajstić information content (AvgIpc) is 2.34. The number of carboxylic acids is 1. The van der Waals surface area contributed by atoms with Crippen LogP contribution in [0.2, 0.25) is 0 Å². The molecule has 0 aliphatic heterocycles. The SMILES string of the molecule is C/C=C/CCCC/C=C/C=C/C=C/CCC(=O)O. The maximum atomic E-state index is 10.2. The molecule has 1 N–H and O–H groups in total. The largest absolute Gasteiger partial charge is 0.481 e. The third-order valence-electron chi connectivity index (χ3n) is 2.36. The standard InChI is InChI=1S/C16H24O2/c1-2-3-4-5-6-7-8-9-10-11-12-13-14-15-16(17)18/h2-3,8-13H,4-7,14-15H2,1H3,(H,17,18)/b3-2+,9-8+,11-10+,13-12+. The molecule has 0 heterocycles. The molecule has 0 fully saturated rings. The molecule has 0 unspecified atom stereocenters. The summed E-state index contributed by atoms with van der Waals surface area (Å²) in [4.78, 5) is 10.2. The van der Waals surface area contributed by atoms with E-state index in [0.29, 0.717) is 6.42 Å². The van der Waals surface area contributed by atoms with Crippen LogP contribution in [0.1, 0.15) is 45.4 Å². The molecule has 0 amide bonds. The van der Waals surface area contributed by atoms with Crippen molar-refractivity contribution in [2.75, 3.05) is 0 Å². The summed E-state index contributed by atoms with van der Waals surface area (Å²) in [6, 6.07) is 0. The van der Waals surface area contributed by atoms with Crippen molar-refractivity contribution >= 4 is 5.97 Å². The molecule has 0 saturated carbocycles. The lowest BCUT2D eigenvalue weighted by Gasteiger charge is -1.91. The predicted molar refractivity (Wildman–Crippen MR) is 77.6 cm³/mol. The van der Waals surface area contributed by atoms with Crippen molar-refractivity contribution in [2.45, 2.75) is 45.4 Å². The normalized spacial score (nSPS) is 12.5. The second-order valence-electron chi connectivity index (χ2n) is 4.03. The minimum absolute atomic E-state index is 0.201. The zero-order valence-electron chi connectivity index (χ0n) is 11.2. The Morgan fingerprint density at radius 2 is 1.44 bits per heavy atom. The lowest BCUT2D eigenvalue weighted by Crippen LogP contribution is -1.91. The topological polar surface area (TPSA) is 37.3 Å². The molecule has 18 heavy (non-hydrogen) atoms. The number of hydrogen-bond donors (Lipinski definition) is 1. The van der Waals surface area contributed by atoms with Crippen molar-refractivity contribution in [1.82, 2.24) is 0 Å². The number of unbranched alkanes of at least 4 members (excludes halogenated alkanes) is 3. The van der Waals surface area contributed by atoms with Crippen LogP contribution in [0.25, 0.3) is 0 Å². The number of carbonyl (C=O) groups is 1. The molecule has 0 spiro atoms. The Balaban J connectivity index is 3.42. The number of allylic oxidation sites excluding steroid dienone is 8. The highest BCUT2D eigenvalue weighted by Crippen LogP contribution is 2.01. The molecule has 2 heteroatoms. The van der Waals surface area contributed by atoms with Crippen LogP contribution in [0.15, 0.2) is 48.6 Å². The first kappa shape index (κ1) is 16.4. The van der Waals surface area contributed by atoms with E-state index in [-0.39, 0.29) is 6.42 Å². The van der Waals surface area contributed by atoms with Crippen LogP contribution >= 0.6 is 0 Å². The summed E-state index contributed by atoms with van der Waals surface area (Å²) in [5.41, 5.74) is 0. The van der Waals surface area contributed by atoms with E-state index in [0.717, 1.165) is 6.42 Å². The van der Waals surface area contributed by atoms with Gasteiger partial charge < -0.3 is 5.11 Å². The summed E-state index contributed by atoms with van der Waals surface area (Å²) in [6.07, 6.45) is 21.7. The van der Waals surface area contributed by atoms with Gasteiger partial charge in [0.1, 0.15) is 0 Å². The smallest absolute Gasteiger partial charge is 0.303 e. The van der Waals surface area contributed by atoms with E-state index in [1.54, 1.807) is 0 Å². The van der Waals surface area contributed by atoms with E-state index in [1.165, 1.54) is 19.3 Å². The number of carboxylic acid groups (broad SMARTS) is 1. The molecule has 0 aromatic heterocycles. The minimum Gasteiger partial charge on any atom is -0.481 e. The van der Waals surface area contributed by atoms with Gasteiger partial charge in [0, 0.05) is 6.42 Å². The van der Waals surface area contributed by atoms with Gasteiger partial charge in [-0.2, -0.15) is 0 Å². The summed E-state index contributed by atoms with van der Waals surface area (Å²) < 4.78 is 0. The Morgan fingerprint density at radius 1 is 0.889 bits per heavy atom. The summed E-state index contributed by atoms with van der Waals surface area (Å²) >= 11 is 0. The molecule has 0 rings (SSSR count). The molecule has 0 aromatic carbocycles. The van der Waals surface area contributed by atoms with Gasteiger partial charge in [0.05, 0.1) is 0 Å². The van der Waals surface area contributed by atoms with E-state index in [2.05, 4.69) is 25.2 Å². The highest BCUT2D eigenvalue weighted by Gasteiger charge is 1.90. The molecule has 0 aliphatic rings. The molecule has 100 valence electrons. The van der Waals surface area contributed by atoms with Gasteiger partial charge in [0.15, 0.2) is 0 Å². The highest BCUT2D eigenvalue weighted by atomic mass is 16.4. The van der Waals surface area contributed by atoms with Crippen LogP contribution in [0.4, 0.5) is 0 Å². The van der Waals surface area contributed by atoms with Crippen molar-refractivity contribution < 1.29 is 9.90 Å². The van der Waals surface area contributed by atoms with Crippen LogP contribution in [0.3, 0.4) is 0 Å². The zero-order chi connectivity index (χ0) is 13.5. The first-order chi connectivity index (χ1) is 8.77. The van der Waals surface area contributed by atoms with Gasteiger partial charge in [-0.3, -0.25) is 4.79 Å². The quantitative estimate of drug-likeness (QED) is 0.347. The molecule has 0 saturated heterocycles. The Morgan fingerprint density at radius 3 is 2.00 bits per heavy atom. The summed E-state index contributed by atoms with van der Waals surface area (Å²) in [7, 11) is 0. The fourth-order valence-electron chi connectivity index (χ4n) is 1.38. The van der Waals surface area contributed by atoms with Crippen LogP contribution < -0.4 is 0 Å². The average molecular weight is 248 g/mol. The van der Waals surface area contributed by atoms with Crippen molar-refractivity contribution in [1.29, 1.82) is 0 Å². The maximum absolute atomic E-state index is 10.2. The van der Waals surface area contributed by atoms with E-state index in [4.69, 9.17) is 5.11 Å². The van der Waals surface area contributed by atoms with Crippen molar-refractivity contribution in [3.8, 4) is 0 Å². The number of hydrogen-bond acceptors (Lipinski definition) is 1. The summed E-state index contributed by atoms with van der Waals surface area (Å²) in [6.45, 7) is 2.05. The number of rotatable bonds is 10. The first-order valence-electron chi connectivity index (χ1n) is 6.58. The van der Waals surface area contributed by atoms with Crippen molar-refractivity contribution in [3.05, 3.63) is 48.6 Å². The Bertz CT molecular complexity index is 309. The van der Waals surface area contributed by atoms with Gasteiger partial charge >= 0.3 is 5.97 Å². The van der Waals surface area contributed by atoms with Gasteiger partial charge in [-0.1, -0.05) is 48.6 Å². The maximum Gasteiger partial charge on any atom is 0.303 e.